The van der Waals surface area contributed by atoms with Crippen LogP contribution in [0.2, 0.25) is 0 Å². The minimum absolute atomic E-state index is 0.0435. The molecule has 0 spiro atoms. The number of carbonyl (C=O) groups excluding carboxylic acids is 1. The third kappa shape index (κ3) is 3.68. The number of carbonyl (C=O) groups is 1. The summed E-state index contributed by atoms with van der Waals surface area (Å²) in [5.74, 6) is 0.0435. The largest absolute Gasteiger partial charge is 0.372 e. The van der Waals surface area contributed by atoms with Crippen molar-refractivity contribution in [3.05, 3.63) is 56.7 Å². The van der Waals surface area contributed by atoms with Gasteiger partial charge in [0.2, 0.25) is 0 Å². The van der Waals surface area contributed by atoms with Gasteiger partial charge in [0, 0.05) is 23.2 Å². The quantitative estimate of drug-likeness (QED) is 0.526. The highest BCUT2D eigenvalue weighted by Gasteiger charge is 2.10. The van der Waals surface area contributed by atoms with Crippen LogP contribution in [-0.2, 0) is 0 Å². The first-order valence-electron chi connectivity index (χ1n) is 7.54. The van der Waals surface area contributed by atoms with Crippen LogP contribution in [0.15, 0.2) is 46.3 Å². The Hall–Kier alpha value is -1.39. The van der Waals surface area contributed by atoms with E-state index in [9.17, 15) is 4.79 Å². The summed E-state index contributed by atoms with van der Waals surface area (Å²) in [6.45, 7) is 2.31. The van der Waals surface area contributed by atoms with E-state index >= 15 is 0 Å². The molecule has 0 aliphatic carbocycles. The second kappa shape index (κ2) is 7.25. The number of anilines is 1. The molecule has 22 heavy (non-hydrogen) atoms. The highest BCUT2D eigenvalue weighted by Crippen LogP contribution is 2.24. The van der Waals surface area contributed by atoms with Gasteiger partial charge in [0.25, 0.3) is 0 Å². The molecule has 0 unspecified atom stereocenters. The molecule has 0 atom stereocenters. The van der Waals surface area contributed by atoms with E-state index in [1.807, 2.05) is 17.5 Å². The monoisotopic (exact) mass is 375 g/mol. The topological polar surface area (TPSA) is 20.3 Å². The smallest absolute Gasteiger partial charge is 0.196 e. The average Bonchev–Trinajstić information content (AvgIpc) is 3.00. The van der Waals surface area contributed by atoms with Crippen LogP contribution >= 0.6 is 27.3 Å². The van der Waals surface area contributed by atoms with Gasteiger partial charge < -0.3 is 4.90 Å². The van der Waals surface area contributed by atoms with Crippen LogP contribution in [0.4, 0.5) is 5.69 Å². The van der Waals surface area contributed by atoms with E-state index in [1.165, 1.54) is 36.3 Å². The lowest BCUT2D eigenvalue weighted by atomic mass is 10.1. The molecular formula is C18H18BrNOS. The molecule has 2 aromatic rings. The summed E-state index contributed by atoms with van der Waals surface area (Å²) in [5.41, 5.74) is 2.34. The standard InChI is InChI=1S/C18H18BrNOS/c19-16-10-13-22-18(16)17(21)9-6-14-4-7-15(8-5-14)20-11-2-1-3-12-20/h4-10,13H,1-3,11-12H2/b9-6+. The molecule has 1 aliphatic rings. The Morgan fingerprint density at radius 1 is 1.09 bits per heavy atom. The average molecular weight is 376 g/mol. The van der Waals surface area contributed by atoms with E-state index in [4.69, 9.17) is 0 Å². The van der Waals surface area contributed by atoms with Gasteiger partial charge in [-0.2, -0.15) is 0 Å². The molecule has 2 nitrogen and oxygen atoms in total. The SMILES string of the molecule is O=C(/C=C/c1ccc(N2CCCCC2)cc1)c1sccc1Br. The zero-order valence-electron chi connectivity index (χ0n) is 12.3. The van der Waals surface area contributed by atoms with Gasteiger partial charge in [0.15, 0.2) is 5.78 Å². The Bertz CT molecular complexity index is 669. The zero-order chi connectivity index (χ0) is 15.4. The Balaban J connectivity index is 1.67. The minimum Gasteiger partial charge on any atom is -0.372 e. The van der Waals surface area contributed by atoms with Gasteiger partial charge in [-0.1, -0.05) is 18.2 Å². The van der Waals surface area contributed by atoms with Crippen LogP contribution in [0.1, 0.15) is 34.5 Å². The molecule has 1 aromatic carbocycles. The maximum Gasteiger partial charge on any atom is 0.196 e. The minimum atomic E-state index is 0.0435. The van der Waals surface area contributed by atoms with Gasteiger partial charge in [-0.3, -0.25) is 4.79 Å². The first kappa shape index (κ1) is 15.5. The third-order valence-electron chi connectivity index (χ3n) is 3.88. The summed E-state index contributed by atoms with van der Waals surface area (Å²) < 4.78 is 0.868. The molecule has 3 rings (SSSR count). The van der Waals surface area contributed by atoms with Crippen molar-refractivity contribution < 1.29 is 4.79 Å². The highest BCUT2D eigenvalue weighted by atomic mass is 79.9. The first-order valence-corrected chi connectivity index (χ1v) is 9.22. The molecule has 0 radical (unpaired) electrons. The summed E-state index contributed by atoms with van der Waals surface area (Å²) in [5, 5.41) is 1.92. The molecule has 0 N–H and O–H groups in total. The Labute approximate surface area is 143 Å². The van der Waals surface area contributed by atoms with Crippen molar-refractivity contribution in [3.63, 3.8) is 0 Å². The van der Waals surface area contributed by atoms with Gasteiger partial charge in [0.05, 0.1) is 4.88 Å². The van der Waals surface area contributed by atoms with Crippen molar-refractivity contribution in [3.8, 4) is 0 Å². The van der Waals surface area contributed by atoms with E-state index in [0.717, 1.165) is 28.0 Å². The predicted octanol–water partition coefficient (Wildman–Crippen LogP) is 5.40. The number of allylic oxidation sites excluding steroid dienone is 1. The number of hydrogen-bond acceptors (Lipinski definition) is 3. The van der Waals surface area contributed by atoms with E-state index in [-0.39, 0.29) is 5.78 Å². The van der Waals surface area contributed by atoms with Crippen molar-refractivity contribution in [2.45, 2.75) is 19.3 Å². The number of ketones is 1. The van der Waals surface area contributed by atoms with Crippen molar-refractivity contribution in [1.29, 1.82) is 0 Å². The molecule has 1 fully saturated rings. The van der Waals surface area contributed by atoms with E-state index in [2.05, 4.69) is 45.1 Å². The van der Waals surface area contributed by atoms with Crippen molar-refractivity contribution in [1.82, 2.24) is 0 Å². The Kier molecular flexibility index (Phi) is 5.11. The van der Waals surface area contributed by atoms with E-state index in [0.29, 0.717) is 0 Å². The van der Waals surface area contributed by atoms with Gasteiger partial charge in [-0.25, -0.2) is 0 Å². The van der Waals surface area contributed by atoms with Crippen LogP contribution in [0.3, 0.4) is 0 Å². The number of piperidine rings is 1. The molecule has 114 valence electrons. The van der Waals surface area contributed by atoms with Crippen LogP contribution < -0.4 is 4.90 Å². The second-order valence-corrected chi connectivity index (χ2v) is 7.20. The number of halogens is 1. The Morgan fingerprint density at radius 2 is 1.82 bits per heavy atom. The fourth-order valence-electron chi connectivity index (χ4n) is 2.67. The van der Waals surface area contributed by atoms with E-state index < -0.39 is 0 Å². The molecule has 0 bridgehead atoms. The van der Waals surface area contributed by atoms with Crippen LogP contribution in [-0.4, -0.2) is 18.9 Å². The highest BCUT2D eigenvalue weighted by molar-refractivity contribution is 9.10. The normalized spacial score (nSPS) is 15.4. The van der Waals surface area contributed by atoms with Crippen LogP contribution in [0.25, 0.3) is 6.08 Å². The lowest BCUT2D eigenvalue weighted by Crippen LogP contribution is -2.29. The third-order valence-corrected chi connectivity index (χ3v) is 5.73. The first-order chi connectivity index (χ1) is 10.7. The van der Waals surface area contributed by atoms with Crippen molar-refractivity contribution in [2.24, 2.45) is 0 Å². The maximum atomic E-state index is 12.1. The summed E-state index contributed by atoms with van der Waals surface area (Å²) in [6.07, 6.45) is 7.44. The molecule has 0 amide bonds. The van der Waals surface area contributed by atoms with Crippen LogP contribution in [0, 0.1) is 0 Å². The zero-order valence-corrected chi connectivity index (χ0v) is 14.7. The number of rotatable bonds is 4. The Morgan fingerprint density at radius 3 is 2.45 bits per heavy atom. The predicted molar refractivity (Wildman–Crippen MR) is 97.9 cm³/mol. The number of hydrogen-bond donors (Lipinski definition) is 0. The molecule has 4 heteroatoms. The maximum absolute atomic E-state index is 12.1. The summed E-state index contributed by atoms with van der Waals surface area (Å²) >= 11 is 4.86. The summed E-state index contributed by atoms with van der Waals surface area (Å²) in [7, 11) is 0. The number of benzene rings is 1. The molecule has 2 heterocycles. The van der Waals surface area contributed by atoms with Gasteiger partial charge in [0.1, 0.15) is 0 Å². The van der Waals surface area contributed by atoms with Crippen molar-refractivity contribution >= 4 is 44.8 Å². The summed E-state index contributed by atoms with van der Waals surface area (Å²) in [6, 6.07) is 10.4. The second-order valence-electron chi connectivity index (χ2n) is 5.43. The van der Waals surface area contributed by atoms with E-state index in [1.54, 1.807) is 6.08 Å². The van der Waals surface area contributed by atoms with Gasteiger partial charge in [-0.05, 0) is 70.4 Å². The molecule has 1 saturated heterocycles. The fourth-order valence-corrected chi connectivity index (χ4v) is 4.15. The van der Waals surface area contributed by atoms with Gasteiger partial charge >= 0.3 is 0 Å². The summed E-state index contributed by atoms with van der Waals surface area (Å²) in [4.78, 5) is 15.3. The number of nitrogens with zero attached hydrogens (tertiary/aromatic N) is 1. The van der Waals surface area contributed by atoms with Crippen molar-refractivity contribution in [2.75, 3.05) is 18.0 Å². The lowest BCUT2D eigenvalue weighted by Gasteiger charge is -2.28. The molecular weight excluding hydrogens is 358 g/mol. The van der Waals surface area contributed by atoms with Crippen LogP contribution in [0.5, 0.6) is 0 Å². The van der Waals surface area contributed by atoms with Gasteiger partial charge in [-0.15, -0.1) is 11.3 Å². The molecule has 0 saturated carbocycles. The molecule has 1 aromatic heterocycles. The lowest BCUT2D eigenvalue weighted by molar-refractivity contribution is 0.105. The number of thiophene rings is 1. The molecule has 1 aliphatic heterocycles. The fraction of sp³-hybridized carbons (Fsp3) is 0.278.